The van der Waals surface area contributed by atoms with Crippen molar-refractivity contribution < 1.29 is 5.11 Å². The highest BCUT2D eigenvalue weighted by atomic mass is 16.3. The molecular formula is C19H16N4O2. The highest BCUT2D eigenvalue weighted by Crippen LogP contribution is 2.15. The van der Waals surface area contributed by atoms with Crippen molar-refractivity contribution in [2.45, 2.75) is 0 Å². The molecule has 124 valence electrons. The van der Waals surface area contributed by atoms with Crippen molar-refractivity contribution >= 4 is 11.4 Å². The van der Waals surface area contributed by atoms with Crippen molar-refractivity contribution in [3.63, 3.8) is 0 Å². The van der Waals surface area contributed by atoms with Crippen LogP contribution in [0.1, 0.15) is 5.69 Å². The van der Waals surface area contributed by atoms with Crippen molar-refractivity contribution in [2.24, 2.45) is 10.7 Å². The van der Waals surface area contributed by atoms with Gasteiger partial charge in [-0.25, -0.2) is 9.67 Å². The Morgan fingerprint density at radius 3 is 2.64 bits per heavy atom. The molecule has 0 amide bonds. The molecule has 0 radical (unpaired) electrons. The molecule has 3 N–H and O–H groups in total. The Morgan fingerprint density at radius 2 is 1.92 bits per heavy atom. The summed E-state index contributed by atoms with van der Waals surface area (Å²) in [6, 6.07) is 17.2. The molecule has 0 aliphatic heterocycles. The van der Waals surface area contributed by atoms with Gasteiger partial charge >= 0.3 is 0 Å². The lowest BCUT2D eigenvalue weighted by Gasteiger charge is -2.08. The number of nitrogens with zero attached hydrogens (tertiary/aromatic N) is 3. The van der Waals surface area contributed by atoms with Crippen LogP contribution in [-0.2, 0) is 0 Å². The number of allylic oxidation sites excluding steroid dienone is 1. The number of phenols is 1. The second kappa shape index (κ2) is 7.27. The van der Waals surface area contributed by atoms with Gasteiger partial charge in [0.1, 0.15) is 5.75 Å². The topological polar surface area (TPSA) is 93.5 Å². The standard InChI is InChI=1S/C19H16N4O2/c20-11-9-17(21-14-5-2-1-3-6-14)19-18(25)10-12-23(22-19)15-7-4-8-16(24)13-15/h1-13,24H,20H2. The van der Waals surface area contributed by atoms with Crippen LogP contribution in [-0.4, -0.2) is 20.6 Å². The van der Waals surface area contributed by atoms with E-state index in [-0.39, 0.29) is 16.9 Å². The van der Waals surface area contributed by atoms with E-state index in [1.165, 1.54) is 29.2 Å². The van der Waals surface area contributed by atoms with Gasteiger partial charge in [0, 0.05) is 18.3 Å². The number of hydrogen-bond acceptors (Lipinski definition) is 5. The normalized spacial score (nSPS) is 11.8. The number of para-hydroxylation sites is 1. The van der Waals surface area contributed by atoms with E-state index < -0.39 is 0 Å². The second-order valence-electron chi connectivity index (χ2n) is 5.18. The molecule has 0 atom stereocenters. The molecule has 0 bridgehead atoms. The molecule has 0 aliphatic carbocycles. The van der Waals surface area contributed by atoms with Crippen LogP contribution in [0, 0.1) is 0 Å². The minimum atomic E-state index is -0.274. The minimum Gasteiger partial charge on any atom is -0.508 e. The van der Waals surface area contributed by atoms with Gasteiger partial charge in [0.2, 0.25) is 5.43 Å². The Hall–Kier alpha value is -3.67. The Bertz CT molecular complexity index is 992. The molecule has 3 rings (SSSR count). The number of hydrogen-bond donors (Lipinski definition) is 2. The lowest BCUT2D eigenvalue weighted by molar-refractivity contribution is 0.474. The summed E-state index contributed by atoms with van der Waals surface area (Å²) in [5.41, 5.74) is 7.06. The Balaban J connectivity index is 2.12. The number of aromatic nitrogens is 2. The zero-order valence-electron chi connectivity index (χ0n) is 13.3. The number of rotatable bonds is 4. The van der Waals surface area contributed by atoms with Gasteiger partial charge in [-0.2, -0.15) is 5.10 Å². The Morgan fingerprint density at radius 1 is 1.12 bits per heavy atom. The number of benzene rings is 2. The fourth-order valence-corrected chi connectivity index (χ4v) is 2.27. The highest BCUT2D eigenvalue weighted by Gasteiger charge is 2.10. The lowest BCUT2D eigenvalue weighted by atomic mass is 10.2. The van der Waals surface area contributed by atoms with Crippen molar-refractivity contribution in [1.29, 1.82) is 0 Å². The molecule has 3 aromatic rings. The van der Waals surface area contributed by atoms with Gasteiger partial charge in [-0.3, -0.25) is 4.79 Å². The van der Waals surface area contributed by atoms with Crippen LogP contribution < -0.4 is 11.2 Å². The van der Waals surface area contributed by atoms with Gasteiger partial charge in [-0.05, 0) is 36.5 Å². The summed E-state index contributed by atoms with van der Waals surface area (Å²) in [7, 11) is 0. The first-order chi connectivity index (χ1) is 12.2. The Labute approximate surface area is 144 Å². The first-order valence-electron chi connectivity index (χ1n) is 7.59. The number of aliphatic imine (C=N–C) groups is 1. The average Bonchev–Trinajstić information content (AvgIpc) is 2.63. The summed E-state index contributed by atoms with van der Waals surface area (Å²) in [4.78, 5) is 16.8. The van der Waals surface area contributed by atoms with E-state index in [0.29, 0.717) is 17.1 Å². The molecule has 0 spiro atoms. The number of aromatic hydroxyl groups is 1. The molecule has 6 heteroatoms. The SMILES string of the molecule is NC=CC(=Nc1ccccc1)c1nn(-c2cccc(O)c2)ccc1=O. The molecule has 0 saturated carbocycles. The van der Waals surface area contributed by atoms with E-state index >= 15 is 0 Å². The molecule has 6 nitrogen and oxygen atoms in total. The Kier molecular flexibility index (Phi) is 4.71. The molecular weight excluding hydrogens is 316 g/mol. The summed E-state index contributed by atoms with van der Waals surface area (Å²) < 4.78 is 1.50. The van der Waals surface area contributed by atoms with Crippen molar-refractivity contribution in [3.8, 4) is 11.4 Å². The van der Waals surface area contributed by atoms with E-state index in [2.05, 4.69) is 10.1 Å². The molecule has 0 unspecified atom stereocenters. The van der Waals surface area contributed by atoms with Crippen molar-refractivity contribution in [2.75, 3.05) is 0 Å². The zero-order valence-corrected chi connectivity index (χ0v) is 13.3. The largest absolute Gasteiger partial charge is 0.508 e. The zero-order chi connectivity index (χ0) is 17.6. The number of nitrogens with two attached hydrogens (primary N) is 1. The monoisotopic (exact) mass is 332 g/mol. The molecule has 2 aromatic carbocycles. The maximum absolute atomic E-state index is 12.3. The second-order valence-corrected chi connectivity index (χ2v) is 5.18. The van der Waals surface area contributed by atoms with Crippen LogP contribution >= 0.6 is 0 Å². The van der Waals surface area contributed by atoms with Crippen LogP contribution in [0.15, 0.2) is 88.9 Å². The third-order valence-corrected chi connectivity index (χ3v) is 3.40. The van der Waals surface area contributed by atoms with E-state index in [4.69, 9.17) is 5.73 Å². The van der Waals surface area contributed by atoms with Crippen LogP contribution in [0.25, 0.3) is 5.69 Å². The molecule has 25 heavy (non-hydrogen) atoms. The highest BCUT2D eigenvalue weighted by molar-refractivity contribution is 6.08. The summed E-state index contributed by atoms with van der Waals surface area (Å²) >= 11 is 0. The van der Waals surface area contributed by atoms with Gasteiger partial charge in [0.25, 0.3) is 0 Å². The van der Waals surface area contributed by atoms with Gasteiger partial charge < -0.3 is 10.8 Å². The maximum atomic E-state index is 12.3. The van der Waals surface area contributed by atoms with E-state index in [1.807, 2.05) is 30.3 Å². The van der Waals surface area contributed by atoms with Crippen LogP contribution in [0.2, 0.25) is 0 Å². The summed E-state index contributed by atoms with van der Waals surface area (Å²) in [6.07, 6.45) is 4.38. The predicted octanol–water partition coefficient (Wildman–Crippen LogP) is 2.53. The summed E-state index contributed by atoms with van der Waals surface area (Å²) in [6.45, 7) is 0. The van der Waals surface area contributed by atoms with Crippen LogP contribution in [0.5, 0.6) is 5.75 Å². The average molecular weight is 332 g/mol. The molecule has 0 saturated heterocycles. The third-order valence-electron chi connectivity index (χ3n) is 3.40. The first kappa shape index (κ1) is 16.2. The molecule has 0 aliphatic rings. The van der Waals surface area contributed by atoms with Gasteiger partial charge in [-0.1, -0.05) is 24.3 Å². The molecule has 0 fully saturated rings. The number of phenolic OH excluding ortho intramolecular Hbond substituents is 1. The quantitative estimate of drug-likeness (QED) is 0.718. The summed E-state index contributed by atoms with van der Waals surface area (Å²) in [5, 5.41) is 14.0. The van der Waals surface area contributed by atoms with Crippen LogP contribution in [0.4, 0.5) is 5.69 Å². The van der Waals surface area contributed by atoms with Gasteiger partial charge in [0.05, 0.1) is 17.1 Å². The summed E-state index contributed by atoms with van der Waals surface area (Å²) in [5.74, 6) is 0.111. The van der Waals surface area contributed by atoms with Crippen molar-refractivity contribution in [1.82, 2.24) is 9.78 Å². The van der Waals surface area contributed by atoms with Crippen molar-refractivity contribution in [3.05, 3.63) is 95.1 Å². The van der Waals surface area contributed by atoms with Gasteiger partial charge in [0.15, 0.2) is 5.69 Å². The van der Waals surface area contributed by atoms with E-state index in [0.717, 1.165) is 0 Å². The minimum absolute atomic E-state index is 0.111. The van der Waals surface area contributed by atoms with E-state index in [9.17, 15) is 9.90 Å². The smallest absolute Gasteiger partial charge is 0.209 e. The predicted molar refractivity (Wildman–Crippen MR) is 97.5 cm³/mol. The first-order valence-corrected chi connectivity index (χ1v) is 7.59. The lowest BCUT2D eigenvalue weighted by Crippen LogP contribution is -2.20. The molecule has 1 heterocycles. The fraction of sp³-hybridized carbons (Fsp3) is 0. The van der Waals surface area contributed by atoms with Crippen LogP contribution in [0.3, 0.4) is 0 Å². The van der Waals surface area contributed by atoms with Gasteiger partial charge in [-0.15, -0.1) is 0 Å². The molecule has 1 aromatic heterocycles. The maximum Gasteiger partial charge on any atom is 0.209 e. The third kappa shape index (κ3) is 3.81. The van der Waals surface area contributed by atoms with E-state index in [1.54, 1.807) is 24.3 Å². The fourth-order valence-electron chi connectivity index (χ4n) is 2.27.